The van der Waals surface area contributed by atoms with Crippen molar-refractivity contribution >= 4 is 11.8 Å². The van der Waals surface area contributed by atoms with Gasteiger partial charge in [0.1, 0.15) is 0 Å². The molecule has 6 nitrogen and oxygen atoms in total. The molecular weight excluding hydrogens is 282 g/mol. The van der Waals surface area contributed by atoms with Crippen LogP contribution in [0.2, 0.25) is 0 Å². The predicted octanol–water partition coefficient (Wildman–Crippen LogP) is 0.169. The van der Waals surface area contributed by atoms with Crippen molar-refractivity contribution in [3.05, 3.63) is 35.9 Å². The van der Waals surface area contributed by atoms with E-state index in [0.29, 0.717) is 19.7 Å². The van der Waals surface area contributed by atoms with E-state index in [0.717, 1.165) is 12.8 Å². The summed E-state index contributed by atoms with van der Waals surface area (Å²) in [4.78, 5) is 25.0. The van der Waals surface area contributed by atoms with E-state index in [1.807, 2.05) is 18.2 Å². The quantitative estimate of drug-likeness (QED) is 0.645. The van der Waals surface area contributed by atoms with Gasteiger partial charge in [0.05, 0.1) is 19.7 Å². The van der Waals surface area contributed by atoms with Crippen LogP contribution in [0.25, 0.3) is 0 Å². The first-order valence-electron chi connectivity index (χ1n) is 7.44. The van der Waals surface area contributed by atoms with Gasteiger partial charge in [-0.3, -0.25) is 9.59 Å². The summed E-state index contributed by atoms with van der Waals surface area (Å²) in [5.41, 5.74) is 6.45. The number of carbonyl (C=O) groups is 2. The van der Waals surface area contributed by atoms with Crippen molar-refractivity contribution in [2.24, 2.45) is 5.73 Å². The Kier molecular flexibility index (Phi) is 8.86. The lowest BCUT2D eigenvalue weighted by Gasteiger charge is -2.22. The summed E-state index contributed by atoms with van der Waals surface area (Å²) in [6.07, 6.45) is 1.77. The Morgan fingerprint density at radius 1 is 1.23 bits per heavy atom. The highest BCUT2D eigenvalue weighted by Crippen LogP contribution is 2.04. The molecule has 122 valence electrons. The Balaban J connectivity index is 2.41. The van der Waals surface area contributed by atoms with Crippen molar-refractivity contribution in [1.82, 2.24) is 10.2 Å². The summed E-state index contributed by atoms with van der Waals surface area (Å²) >= 11 is 0. The van der Waals surface area contributed by atoms with Gasteiger partial charge in [0.15, 0.2) is 0 Å². The van der Waals surface area contributed by atoms with E-state index in [-0.39, 0.29) is 24.9 Å². The molecule has 0 aromatic heterocycles. The van der Waals surface area contributed by atoms with E-state index in [1.165, 1.54) is 5.56 Å². The van der Waals surface area contributed by atoms with Gasteiger partial charge in [-0.1, -0.05) is 30.3 Å². The van der Waals surface area contributed by atoms with Crippen molar-refractivity contribution < 1.29 is 14.3 Å². The van der Waals surface area contributed by atoms with Crippen LogP contribution in [0.5, 0.6) is 0 Å². The molecule has 22 heavy (non-hydrogen) atoms. The van der Waals surface area contributed by atoms with Gasteiger partial charge in [0.2, 0.25) is 11.8 Å². The summed E-state index contributed by atoms with van der Waals surface area (Å²) in [6.45, 7) is 1.49. The molecule has 0 unspecified atom stereocenters. The first-order chi connectivity index (χ1) is 10.7. The molecule has 1 rings (SSSR count). The molecule has 2 amide bonds. The third-order valence-corrected chi connectivity index (χ3v) is 3.28. The molecule has 0 heterocycles. The second kappa shape index (κ2) is 10.8. The van der Waals surface area contributed by atoms with Crippen molar-refractivity contribution in [1.29, 1.82) is 0 Å². The predicted molar refractivity (Wildman–Crippen MR) is 85.3 cm³/mol. The third-order valence-electron chi connectivity index (χ3n) is 3.28. The molecule has 0 aliphatic heterocycles. The molecule has 3 N–H and O–H groups in total. The third kappa shape index (κ3) is 7.19. The van der Waals surface area contributed by atoms with Gasteiger partial charge in [-0.05, 0) is 18.4 Å². The lowest BCUT2D eigenvalue weighted by Crippen LogP contribution is -2.43. The summed E-state index contributed by atoms with van der Waals surface area (Å²) in [5.74, 6) is -0.448. The van der Waals surface area contributed by atoms with E-state index in [2.05, 4.69) is 17.4 Å². The Labute approximate surface area is 131 Å². The number of nitrogens with two attached hydrogens (primary N) is 1. The lowest BCUT2D eigenvalue weighted by atomic mass is 10.1. The molecule has 0 aliphatic rings. The summed E-state index contributed by atoms with van der Waals surface area (Å²) < 4.78 is 5.03. The van der Waals surface area contributed by atoms with Gasteiger partial charge in [-0.25, -0.2) is 0 Å². The average Bonchev–Trinajstić information content (AvgIpc) is 2.56. The van der Waals surface area contributed by atoms with Crippen LogP contribution < -0.4 is 11.1 Å². The Hall–Kier alpha value is -1.92. The van der Waals surface area contributed by atoms with E-state index in [1.54, 1.807) is 12.0 Å². The normalized spacial score (nSPS) is 10.3. The number of aryl methyl sites for hydroxylation is 1. The van der Waals surface area contributed by atoms with Gasteiger partial charge in [0, 0.05) is 20.2 Å². The van der Waals surface area contributed by atoms with Crippen molar-refractivity contribution in [3.8, 4) is 0 Å². The number of benzene rings is 1. The number of methoxy groups -OCH3 is 1. The fourth-order valence-corrected chi connectivity index (χ4v) is 2.04. The zero-order chi connectivity index (χ0) is 16.2. The highest BCUT2D eigenvalue weighted by Gasteiger charge is 2.13. The maximum Gasteiger partial charge on any atom is 0.242 e. The minimum atomic E-state index is -0.329. The number of nitrogens with one attached hydrogen (secondary N) is 1. The fraction of sp³-hybridized carbons (Fsp3) is 0.500. The second-order valence-corrected chi connectivity index (χ2v) is 4.94. The molecule has 0 radical (unpaired) electrons. The van der Waals surface area contributed by atoms with Crippen LogP contribution in [-0.4, -0.2) is 56.6 Å². The Bertz CT molecular complexity index is 451. The zero-order valence-corrected chi connectivity index (χ0v) is 13.1. The second-order valence-electron chi connectivity index (χ2n) is 4.94. The van der Waals surface area contributed by atoms with Crippen LogP contribution in [0.1, 0.15) is 12.0 Å². The van der Waals surface area contributed by atoms with E-state index < -0.39 is 0 Å². The van der Waals surface area contributed by atoms with Gasteiger partial charge in [-0.15, -0.1) is 0 Å². The molecule has 0 atom stereocenters. The summed E-state index contributed by atoms with van der Waals surface area (Å²) in [6, 6.07) is 10.1. The first kappa shape index (κ1) is 18.1. The first-order valence-corrected chi connectivity index (χ1v) is 7.44. The Morgan fingerprint density at radius 2 is 1.95 bits per heavy atom. The smallest absolute Gasteiger partial charge is 0.242 e. The number of hydrogen-bond acceptors (Lipinski definition) is 4. The number of amides is 2. The van der Waals surface area contributed by atoms with E-state index in [4.69, 9.17) is 10.5 Å². The van der Waals surface area contributed by atoms with Gasteiger partial charge in [0.25, 0.3) is 0 Å². The van der Waals surface area contributed by atoms with Crippen molar-refractivity contribution in [3.63, 3.8) is 0 Å². The highest BCUT2D eigenvalue weighted by molar-refractivity contribution is 5.85. The molecule has 1 aromatic carbocycles. The monoisotopic (exact) mass is 307 g/mol. The molecular formula is C16H25N3O3. The fourth-order valence-electron chi connectivity index (χ4n) is 2.04. The van der Waals surface area contributed by atoms with Crippen LogP contribution in [0.4, 0.5) is 0 Å². The van der Waals surface area contributed by atoms with Gasteiger partial charge >= 0.3 is 0 Å². The maximum atomic E-state index is 12.1. The van der Waals surface area contributed by atoms with E-state index in [9.17, 15) is 9.59 Å². The minimum absolute atomic E-state index is 0.0227. The zero-order valence-electron chi connectivity index (χ0n) is 13.1. The van der Waals surface area contributed by atoms with Crippen LogP contribution in [0, 0.1) is 0 Å². The molecule has 0 bridgehead atoms. The molecule has 0 aliphatic carbocycles. The summed E-state index contributed by atoms with van der Waals surface area (Å²) in [5, 5.41) is 2.50. The number of rotatable bonds is 10. The Morgan fingerprint density at radius 3 is 2.59 bits per heavy atom. The van der Waals surface area contributed by atoms with Gasteiger partial charge < -0.3 is 20.7 Å². The number of carbonyl (C=O) groups excluding carboxylic acids is 2. The molecule has 0 fully saturated rings. The number of ether oxygens (including phenoxy) is 1. The molecule has 0 spiro atoms. The standard InChI is InChI=1S/C16H25N3O3/c1-22-11-10-19(16(21)13-18-15(20)12-17)9-5-8-14-6-3-2-4-7-14/h2-4,6-7H,5,8-13,17H2,1H3,(H,18,20). The highest BCUT2D eigenvalue weighted by atomic mass is 16.5. The maximum absolute atomic E-state index is 12.1. The van der Waals surface area contributed by atoms with Crippen LogP contribution in [0.15, 0.2) is 30.3 Å². The number of hydrogen-bond donors (Lipinski definition) is 2. The van der Waals surface area contributed by atoms with Crippen molar-refractivity contribution in [2.45, 2.75) is 12.8 Å². The number of nitrogens with zero attached hydrogens (tertiary/aromatic N) is 1. The molecule has 0 saturated heterocycles. The van der Waals surface area contributed by atoms with Gasteiger partial charge in [-0.2, -0.15) is 0 Å². The van der Waals surface area contributed by atoms with Crippen LogP contribution in [0.3, 0.4) is 0 Å². The van der Waals surface area contributed by atoms with Crippen LogP contribution in [-0.2, 0) is 20.7 Å². The van der Waals surface area contributed by atoms with Crippen molar-refractivity contribution in [2.75, 3.05) is 39.9 Å². The van der Waals surface area contributed by atoms with Crippen LogP contribution >= 0.6 is 0 Å². The summed E-state index contributed by atoms with van der Waals surface area (Å²) in [7, 11) is 1.60. The molecule has 1 aromatic rings. The SMILES string of the molecule is COCCN(CCCc1ccccc1)C(=O)CNC(=O)CN. The molecule has 6 heteroatoms. The minimum Gasteiger partial charge on any atom is -0.383 e. The van der Waals surface area contributed by atoms with E-state index >= 15 is 0 Å². The largest absolute Gasteiger partial charge is 0.383 e. The molecule has 0 saturated carbocycles. The topological polar surface area (TPSA) is 84.7 Å². The average molecular weight is 307 g/mol. The lowest BCUT2D eigenvalue weighted by molar-refractivity contribution is -0.133.